The van der Waals surface area contributed by atoms with Crippen LogP contribution in [0.1, 0.15) is 44.2 Å². The molecular formula is C17H24N2O. The van der Waals surface area contributed by atoms with E-state index in [1.165, 1.54) is 11.1 Å². The normalized spacial score (nSPS) is 10.9. The third-order valence-corrected chi connectivity index (χ3v) is 3.65. The first kappa shape index (κ1) is 14.6. The standard InChI is InChI=1S/C17H24N2O/c1-4-6-12-19-16(14-11-8-7-10-13(14)3)15(9-5-2)17(20)18-19/h7-8,10-11H,4-6,9,12H2,1-3H3,(H,18,20). The van der Waals surface area contributed by atoms with E-state index >= 15 is 0 Å². The molecule has 0 unspecified atom stereocenters. The molecule has 0 spiro atoms. The molecule has 1 aromatic carbocycles. The summed E-state index contributed by atoms with van der Waals surface area (Å²) in [5.74, 6) is 0.196. The molecule has 1 aromatic heterocycles. The van der Waals surface area contributed by atoms with E-state index in [1.807, 2.05) is 16.8 Å². The van der Waals surface area contributed by atoms with Gasteiger partial charge in [-0.05, 0) is 25.3 Å². The van der Waals surface area contributed by atoms with E-state index in [0.29, 0.717) is 0 Å². The van der Waals surface area contributed by atoms with Crippen molar-refractivity contribution in [3.63, 3.8) is 0 Å². The molecule has 0 fully saturated rings. The first-order valence-electron chi connectivity index (χ1n) is 7.53. The predicted octanol–water partition coefficient (Wildman–Crippen LogP) is 4.32. The van der Waals surface area contributed by atoms with Crippen LogP contribution >= 0.6 is 0 Å². The third kappa shape index (κ3) is 2.87. The van der Waals surface area contributed by atoms with Gasteiger partial charge >= 0.3 is 0 Å². The van der Waals surface area contributed by atoms with Gasteiger partial charge in [-0.2, -0.15) is 0 Å². The van der Waals surface area contributed by atoms with Crippen molar-refractivity contribution in [3.8, 4) is 17.1 Å². The van der Waals surface area contributed by atoms with Gasteiger partial charge in [-0.15, -0.1) is 5.10 Å². The quantitative estimate of drug-likeness (QED) is 0.850. The summed E-state index contributed by atoms with van der Waals surface area (Å²) in [4.78, 5) is 0. The van der Waals surface area contributed by atoms with E-state index in [-0.39, 0.29) is 5.88 Å². The van der Waals surface area contributed by atoms with E-state index in [9.17, 15) is 5.11 Å². The molecule has 0 bridgehead atoms. The smallest absolute Gasteiger partial charge is 0.234 e. The number of nitrogens with zero attached hydrogens (tertiary/aromatic N) is 2. The second kappa shape index (κ2) is 6.60. The zero-order valence-corrected chi connectivity index (χ0v) is 12.7. The summed E-state index contributed by atoms with van der Waals surface area (Å²) in [6.45, 7) is 7.27. The van der Waals surface area contributed by atoms with Crippen LogP contribution in [0.2, 0.25) is 0 Å². The molecular weight excluding hydrogens is 248 g/mol. The van der Waals surface area contributed by atoms with Crippen LogP contribution in [-0.2, 0) is 13.0 Å². The number of aryl methyl sites for hydroxylation is 2. The molecule has 20 heavy (non-hydrogen) atoms. The molecule has 2 rings (SSSR count). The van der Waals surface area contributed by atoms with Crippen LogP contribution in [0.25, 0.3) is 11.3 Å². The molecule has 3 heteroatoms. The van der Waals surface area contributed by atoms with E-state index in [2.05, 4.69) is 38.0 Å². The van der Waals surface area contributed by atoms with Gasteiger partial charge in [0.25, 0.3) is 0 Å². The third-order valence-electron chi connectivity index (χ3n) is 3.65. The fourth-order valence-corrected chi connectivity index (χ4v) is 2.58. The highest BCUT2D eigenvalue weighted by Crippen LogP contribution is 2.33. The van der Waals surface area contributed by atoms with Crippen molar-refractivity contribution in [1.29, 1.82) is 0 Å². The summed E-state index contributed by atoms with van der Waals surface area (Å²) < 4.78 is 1.98. The molecule has 3 nitrogen and oxygen atoms in total. The average Bonchev–Trinajstić information content (AvgIpc) is 2.74. The molecule has 0 aliphatic heterocycles. The number of hydrogen-bond acceptors (Lipinski definition) is 2. The monoisotopic (exact) mass is 272 g/mol. The zero-order chi connectivity index (χ0) is 14.5. The highest BCUT2D eigenvalue weighted by Gasteiger charge is 2.19. The van der Waals surface area contributed by atoms with Gasteiger partial charge < -0.3 is 5.11 Å². The fourth-order valence-electron chi connectivity index (χ4n) is 2.58. The molecule has 0 aliphatic rings. The predicted molar refractivity (Wildman–Crippen MR) is 83.0 cm³/mol. The van der Waals surface area contributed by atoms with Crippen LogP contribution in [0, 0.1) is 6.92 Å². The molecule has 108 valence electrons. The van der Waals surface area contributed by atoms with Gasteiger partial charge in [-0.3, -0.25) is 4.68 Å². The Balaban J connectivity index is 2.55. The largest absolute Gasteiger partial charge is 0.492 e. The van der Waals surface area contributed by atoms with Crippen molar-refractivity contribution in [2.75, 3.05) is 0 Å². The van der Waals surface area contributed by atoms with E-state index in [4.69, 9.17) is 0 Å². The topological polar surface area (TPSA) is 38.0 Å². The van der Waals surface area contributed by atoms with Crippen LogP contribution in [0.3, 0.4) is 0 Å². The molecule has 1 heterocycles. The lowest BCUT2D eigenvalue weighted by atomic mass is 10.00. The molecule has 0 saturated heterocycles. The van der Waals surface area contributed by atoms with Crippen molar-refractivity contribution in [1.82, 2.24) is 9.78 Å². The number of hydrogen-bond donors (Lipinski definition) is 1. The number of benzene rings is 1. The summed E-state index contributed by atoms with van der Waals surface area (Å²) in [5.41, 5.74) is 4.48. The molecule has 0 aliphatic carbocycles. The van der Waals surface area contributed by atoms with Crippen LogP contribution in [0.5, 0.6) is 5.88 Å². The molecule has 0 atom stereocenters. The number of unbranched alkanes of at least 4 members (excludes halogenated alkanes) is 1. The van der Waals surface area contributed by atoms with Crippen molar-refractivity contribution in [3.05, 3.63) is 35.4 Å². The molecule has 0 radical (unpaired) electrons. The van der Waals surface area contributed by atoms with Gasteiger partial charge in [0.1, 0.15) is 0 Å². The molecule has 0 amide bonds. The first-order chi connectivity index (χ1) is 9.69. The minimum Gasteiger partial charge on any atom is -0.492 e. The van der Waals surface area contributed by atoms with Crippen LogP contribution in [0.4, 0.5) is 0 Å². The number of rotatable bonds is 6. The Hall–Kier alpha value is -1.77. The number of aromatic hydroxyl groups is 1. The first-order valence-corrected chi connectivity index (χ1v) is 7.53. The maximum atomic E-state index is 10.2. The van der Waals surface area contributed by atoms with Crippen molar-refractivity contribution < 1.29 is 5.11 Å². The Bertz CT molecular complexity index is 572. The van der Waals surface area contributed by atoms with Crippen LogP contribution in [-0.4, -0.2) is 14.9 Å². The summed E-state index contributed by atoms with van der Waals surface area (Å²) in [6, 6.07) is 8.32. The lowest BCUT2D eigenvalue weighted by Gasteiger charge is -2.11. The second-order valence-corrected chi connectivity index (χ2v) is 5.29. The Labute approximate surface area is 121 Å². The average molecular weight is 272 g/mol. The fraction of sp³-hybridized carbons (Fsp3) is 0.471. The van der Waals surface area contributed by atoms with Gasteiger partial charge in [0.15, 0.2) is 0 Å². The SMILES string of the molecule is CCCCn1nc(O)c(CCC)c1-c1ccccc1C. The second-order valence-electron chi connectivity index (χ2n) is 5.29. The Kier molecular flexibility index (Phi) is 4.83. The van der Waals surface area contributed by atoms with Crippen molar-refractivity contribution in [2.24, 2.45) is 0 Å². The minimum atomic E-state index is 0.196. The van der Waals surface area contributed by atoms with Gasteiger partial charge in [0.2, 0.25) is 5.88 Å². The van der Waals surface area contributed by atoms with Crippen LogP contribution in [0.15, 0.2) is 24.3 Å². The lowest BCUT2D eigenvalue weighted by Crippen LogP contribution is -2.03. The molecule has 2 aromatic rings. The Morgan fingerprint density at radius 1 is 1.15 bits per heavy atom. The van der Waals surface area contributed by atoms with Gasteiger partial charge in [0.05, 0.1) is 5.69 Å². The zero-order valence-electron chi connectivity index (χ0n) is 12.7. The maximum Gasteiger partial charge on any atom is 0.234 e. The molecule has 0 saturated carbocycles. The van der Waals surface area contributed by atoms with E-state index in [0.717, 1.165) is 43.5 Å². The van der Waals surface area contributed by atoms with E-state index < -0.39 is 0 Å². The summed E-state index contributed by atoms with van der Waals surface area (Å²) in [6.07, 6.45) is 4.07. The number of aromatic nitrogens is 2. The lowest BCUT2D eigenvalue weighted by molar-refractivity contribution is 0.430. The van der Waals surface area contributed by atoms with Gasteiger partial charge in [-0.1, -0.05) is 51.0 Å². The summed E-state index contributed by atoms with van der Waals surface area (Å²) >= 11 is 0. The Morgan fingerprint density at radius 3 is 2.55 bits per heavy atom. The van der Waals surface area contributed by atoms with Crippen molar-refractivity contribution >= 4 is 0 Å². The highest BCUT2D eigenvalue weighted by atomic mass is 16.3. The van der Waals surface area contributed by atoms with Gasteiger partial charge in [0, 0.05) is 17.7 Å². The van der Waals surface area contributed by atoms with E-state index in [1.54, 1.807) is 0 Å². The Morgan fingerprint density at radius 2 is 1.90 bits per heavy atom. The van der Waals surface area contributed by atoms with Gasteiger partial charge in [-0.25, -0.2) is 0 Å². The maximum absolute atomic E-state index is 10.2. The van der Waals surface area contributed by atoms with Crippen molar-refractivity contribution in [2.45, 2.75) is 53.0 Å². The molecule has 1 N–H and O–H groups in total. The summed E-state index contributed by atoms with van der Waals surface area (Å²) in [7, 11) is 0. The minimum absolute atomic E-state index is 0.196. The summed E-state index contributed by atoms with van der Waals surface area (Å²) in [5, 5.41) is 14.5. The van der Waals surface area contributed by atoms with Crippen LogP contribution < -0.4 is 0 Å². The highest BCUT2D eigenvalue weighted by molar-refractivity contribution is 5.69.